The van der Waals surface area contributed by atoms with Crippen LogP contribution in [0.4, 0.5) is 5.69 Å². The number of carboxylic acids is 1. The van der Waals surface area contributed by atoms with Crippen LogP contribution in [0.25, 0.3) is 0 Å². The maximum absolute atomic E-state index is 12.3. The molecule has 2 aliphatic heterocycles. The fraction of sp³-hybridized carbons (Fsp3) is 0.471. The zero-order chi connectivity index (χ0) is 17.1. The van der Waals surface area contributed by atoms with Gasteiger partial charge in [0.1, 0.15) is 5.75 Å². The summed E-state index contributed by atoms with van der Waals surface area (Å²) >= 11 is 0. The van der Waals surface area contributed by atoms with Crippen molar-refractivity contribution in [2.24, 2.45) is 5.92 Å². The Balaban J connectivity index is 1.57. The second-order valence-electron chi connectivity index (χ2n) is 6.05. The van der Waals surface area contributed by atoms with Crippen molar-refractivity contribution in [3.05, 3.63) is 24.3 Å². The number of carboxylic acid groups (broad SMARTS) is 1. The molecule has 1 N–H and O–H groups in total. The number of benzene rings is 1. The van der Waals surface area contributed by atoms with Crippen LogP contribution in [0.3, 0.4) is 0 Å². The van der Waals surface area contributed by atoms with Gasteiger partial charge in [-0.05, 0) is 25.0 Å². The molecular weight excluding hydrogens is 312 g/mol. The molecule has 0 radical (unpaired) electrons. The number of carbonyl (C=O) groups excluding carboxylic acids is 2. The minimum absolute atomic E-state index is 0.0186. The van der Waals surface area contributed by atoms with Crippen LogP contribution in [-0.4, -0.2) is 54.0 Å². The molecule has 0 unspecified atom stereocenters. The van der Waals surface area contributed by atoms with Crippen molar-refractivity contribution in [1.29, 1.82) is 0 Å². The van der Waals surface area contributed by atoms with Crippen molar-refractivity contribution in [1.82, 2.24) is 4.90 Å². The lowest BCUT2D eigenvalue weighted by Crippen LogP contribution is -2.44. The van der Waals surface area contributed by atoms with Crippen LogP contribution in [0, 0.1) is 5.92 Å². The molecule has 2 heterocycles. The first-order valence-electron chi connectivity index (χ1n) is 8.09. The first-order valence-corrected chi connectivity index (χ1v) is 8.09. The molecule has 0 aromatic heterocycles. The predicted octanol–water partition coefficient (Wildman–Crippen LogP) is 1.13. The van der Waals surface area contributed by atoms with Gasteiger partial charge in [0.15, 0.2) is 6.61 Å². The SMILES string of the molecule is O=C(O)C1CCN(C(=O)CCN2C(=O)COc3ccccc32)CC1. The molecule has 7 heteroatoms. The number of amides is 2. The minimum atomic E-state index is -0.794. The first kappa shape index (κ1) is 16.3. The second kappa shape index (κ2) is 6.90. The molecule has 0 atom stereocenters. The molecule has 1 aromatic rings. The number of likely N-dealkylation sites (tertiary alicyclic amines) is 1. The van der Waals surface area contributed by atoms with E-state index in [-0.39, 0.29) is 30.8 Å². The average molecular weight is 332 g/mol. The number of hydrogen-bond acceptors (Lipinski definition) is 4. The van der Waals surface area contributed by atoms with Crippen LogP contribution in [0.15, 0.2) is 24.3 Å². The highest BCUT2D eigenvalue weighted by atomic mass is 16.5. The van der Waals surface area contributed by atoms with Crippen LogP contribution in [0.1, 0.15) is 19.3 Å². The molecule has 2 amide bonds. The van der Waals surface area contributed by atoms with Crippen LogP contribution >= 0.6 is 0 Å². The van der Waals surface area contributed by atoms with Gasteiger partial charge < -0.3 is 19.6 Å². The van der Waals surface area contributed by atoms with Crippen LogP contribution in [0.5, 0.6) is 5.75 Å². The first-order chi connectivity index (χ1) is 11.6. The van der Waals surface area contributed by atoms with E-state index in [0.717, 1.165) is 0 Å². The monoisotopic (exact) mass is 332 g/mol. The molecule has 3 rings (SSSR count). The van der Waals surface area contributed by atoms with Crippen LogP contribution in [0.2, 0.25) is 0 Å². The Bertz CT molecular complexity index is 652. The third-order valence-electron chi connectivity index (χ3n) is 4.55. The minimum Gasteiger partial charge on any atom is -0.482 e. The summed E-state index contributed by atoms with van der Waals surface area (Å²) in [6.45, 7) is 1.21. The average Bonchev–Trinajstić information content (AvgIpc) is 2.60. The quantitative estimate of drug-likeness (QED) is 0.893. The Kier molecular flexibility index (Phi) is 4.69. The van der Waals surface area contributed by atoms with Gasteiger partial charge in [-0.1, -0.05) is 12.1 Å². The van der Waals surface area contributed by atoms with Gasteiger partial charge in [0.05, 0.1) is 11.6 Å². The summed E-state index contributed by atoms with van der Waals surface area (Å²) in [5, 5.41) is 9.00. The molecule has 1 fully saturated rings. The molecule has 1 aromatic carbocycles. The standard InChI is InChI=1S/C17H20N2O5/c20-15(18-8-5-12(6-9-18)17(22)23)7-10-19-13-3-1-2-4-14(13)24-11-16(19)21/h1-4,12H,5-11H2,(H,22,23). The fourth-order valence-corrected chi connectivity index (χ4v) is 3.14. The van der Waals surface area contributed by atoms with Crippen LogP contribution in [-0.2, 0) is 14.4 Å². The number of rotatable bonds is 4. The van der Waals surface area contributed by atoms with Crippen molar-refractivity contribution in [3.8, 4) is 5.75 Å². The van der Waals surface area contributed by atoms with E-state index in [1.54, 1.807) is 21.9 Å². The molecule has 0 spiro atoms. The summed E-state index contributed by atoms with van der Waals surface area (Å²) in [5.74, 6) is -0.715. The second-order valence-corrected chi connectivity index (χ2v) is 6.05. The lowest BCUT2D eigenvalue weighted by atomic mass is 9.97. The van der Waals surface area contributed by atoms with Gasteiger partial charge in [-0.2, -0.15) is 0 Å². The lowest BCUT2D eigenvalue weighted by Gasteiger charge is -2.32. The molecule has 7 nitrogen and oxygen atoms in total. The number of para-hydroxylation sites is 2. The Labute approximate surface area is 139 Å². The van der Waals surface area contributed by atoms with Gasteiger partial charge in [0.25, 0.3) is 5.91 Å². The molecule has 0 saturated carbocycles. The van der Waals surface area contributed by atoms with Gasteiger partial charge in [0.2, 0.25) is 5.91 Å². The van der Waals surface area contributed by atoms with Crippen molar-refractivity contribution >= 4 is 23.5 Å². The summed E-state index contributed by atoms with van der Waals surface area (Å²) in [4.78, 5) is 38.7. The Morgan fingerprint density at radius 1 is 1.21 bits per heavy atom. The number of anilines is 1. The van der Waals surface area contributed by atoms with E-state index in [9.17, 15) is 14.4 Å². The van der Waals surface area contributed by atoms with E-state index in [1.807, 2.05) is 12.1 Å². The topological polar surface area (TPSA) is 87.2 Å². The Morgan fingerprint density at radius 3 is 2.62 bits per heavy atom. The third-order valence-corrected chi connectivity index (χ3v) is 4.55. The van der Waals surface area contributed by atoms with E-state index < -0.39 is 5.97 Å². The normalized spacial score (nSPS) is 18.1. The summed E-state index contributed by atoms with van der Waals surface area (Å²) in [6, 6.07) is 7.26. The number of carbonyl (C=O) groups is 3. The van der Waals surface area contributed by atoms with E-state index in [0.29, 0.717) is 43.9 Å². The fourth-order valence-electron chi connectivity index (χ4n) is 3.14. The molecule has 0 bridgehead atoms. The highest BCUT2D eigenvalue weighted by Crippen LogP contribution is 2.31. The van der Waals surface area contributed by atoms with E-state index in [4.69, 9.17) is 9.84 Å². The van der Waals surface area contributed by atoms with Gasteiger partial charge in [-0.3, -0.25) is 14.4 Å². The van der Waals surface area contributed by atoms with Gasteiger partial charge >= 0.3 is 5.97 Å². The molecule has 24 heavy (non-hydrogen) atoms. The van der Waals surface area contributed by atoms with Crippen LogP contribution < -0.4 is 9.64 Å². The van der Waals surface area contributed by atoms with Crippen molar-refractivity contribution in [3.63, 3.8) is 0 Å². The summed E-state index contributed by atoms with van der Waals surface area (Å²) in [7, 11) is 0. The molecule has 2 aliphatic rings. The van der Waals surface area contributed by atoms with Gasteiger partial charge in [0, 0.05) is 26.1 Å². The molecule has 1 saturated heterocycles. The summed E-state index contributed by atoms with van der Waals surface area (Å²) in [6.07, 6.45) is 1.19. The number of nitrogens with zero attached hydrogens (tertiary/aromatic N) is 2. The maximum Gasteiger partial charge on any atom is 0.306 e. The molecular formula is C17H20N2O5. The zero-order valence-electron chi connectivity index (χ0n) is 13.3. The summed E-state index contributed by atoms with van der Waals surface area (Å²) in [5.41, 5.74) is 0.686. The highest BCUT2D eigenvalue weighted by molar-refractivity contribution is 5.98. The number of aliphatic carboxylic acids is 1. The summed E-state index contributed by atoms with van der Waals surface area (Å²) < 4.78 is 5.38. The van der Waals surface area contributed by atoms with Crippen molar-refractivity contribution < 1.29 is 24.2 Å². The Hall–Kier alpha value is -2.57. The lowest BCUT2D eigenvalue weighted by molar-refractivity contribution is -0.145. The zero-order valence-corrected chi connectivity index (χ0v) is 13.3. The predicted molar refractivity (Wildman–Crippen MR) is 85.8 cm³/mol. The van der Waals surface area contributed by atoms with Crippen molar-refractivity contribution in [2.75, 3.05) is 31.1 Å². The van der Waals surface area contributed by atoms with Gasteiger partial charge in [-0.25, -0.2) is 0 Å². The number of fused-ring (bicyclic) bond motifs is 1. The third kappa shape index (κ3) is 3.34. The van der Waals surface area contributed by atoms with E-state index >= 15 is 0 Å². The number of piperidine rings is 1. The number of ether oxygens (including phenoxy) is 1. The molecule has 0 aliphatic carbocycles. The van der Waals surface area contributed by atoms with E-state index in [2.05, 4.69) is 0 Å². The van der Waals surface area contributed by atoms with E-state index in [1.165, 1.54) is 0 Å². The largest absolute Gasteiger partial charge is 0.482 e. The highest BCUT2D eigenvalue weighted by Gasteiger charge is 2.29. The smallest absolute Gasteiger partial charge is 0.306 e. The van der Waals surface area contributed by atoms with Crippen molar-refractivity contribution in [2.45, 2.75) is 19.3 Å². The maximum atomic E-state index is 12.3. The Morgan fingerprint density at radius 2 is 1.92 bits per heavy atom. The number of hydrogen-bond donors (Lipinski definition) is 1. The molecule has 128 valence electrons. The van der Waals surface area contributed by atoms with Gasteiger partial charge in [-0.15, -0.1) is 0 Å².